The molecular weight excluding hydrogens is 412 g/mol. The topological polar surface area (TPSA) is 69.5 Å². The smallest absolute Gasteiger partial charge is 0.338 e. The van der Waals surface area contributed by atoms with Crippen LogP contribution in [0.2, 0.25) is 0 Å². The van der Waals surface area contributed by atoms with Gasteiger partial charge in [0.2, 0.25) is 0 Å². The van der Waals surface area contributed by atoms with Crippen LogP contribution in [-0.4, -0.2) is 58.5 Å². The Kier molecular flexibility index (Phi) is 7.35. The summed E-state index contributed by atoms with van der Waals surface area (Å²) in [5.74, 6) is 1.36. The minimum atomic E-state index is -0.293. The first-order valence-corrected chi connectivity index (χ1v) is 11.4. The standard InChI is InChI=1S/C23H26N4O3S/c1-2-30-22(28)19-10-8-18(9-11-19)17-31-23-25-24-21(16-26-12-14-29-15-13-26)27(23)20-6-4-3-5-7-20/h3-11H,2,12-17H2,1H3. The van der Waals surface area contributed by atoms with Gasteiger partial charge in [0.25, 0.3) is 0 Å². The van der Waals surface area contributed by atoms with Crippen molar-refractivity contribution in [1.82, 2.24) is 19.7 Å². The summed E-state index contributed by atoms with van der Waals surface area (Å²) in [7, 11) is 0. The minimum absolute atomic E-state index is 0.293. The van der Waals surface area contributed by atoms with E-state index >= 15 is 0 Å². The highest BCUT2D eigenvalue weighted by Gasteiger charge is 2.19. The van der Waals surface area contributed by atoms with Gasteiger partial charge in [-0.25, -0.2) is 4.79 Å². The van der Waals surface area contributed by atoms with E-state index in [4.69, 9.17) is 9.47 Å². The number of nitrogens with zero attached hydrogens (tertiary/aromatic N) is 4. The van der Waals surface area contributed by atoms with Crippen LogP contribution in [-0.2, 0) is 21.8 Å². The number of rotatable bonds is 8. The van der Waals surface area contributed by atoms with Crippen molar-refractivity contribution >= 4 is 17.7 Å². The molecule has 0 bridgehead atoms. The van der Waals surface area contributed by atoms with Gasteiger partial charge in [-0.3, -0.25) is 9.47 Å². The van der Waals surface area contributed by atoms with Crippen LogP contribution >= 0.6 is 11.8 Å². The Hall–Kier alpha value is -2.68. The maximum atomic E-state index is 11.8. The zero-order valence-corrected chi connectivity index (χ0v) is 18.4. The lowest BCUT2D eigenvalue weighted by molar-refractivity contribution is 0.0328. The number of carbonyl (C=O) groups excluding carboxylic acids is 1. The molecule has 0 N–H and O–H groups in total. The molecule has 1 aliphatic rings. The molecule has 0 radical (unpaired) electrons. The first-order chi connectivity index (χ1) is 15.2. The molecule has 2 heterocycles. The number of para-hydroxylation sites is 1. The summed E-state index contributed by atoms with van der Waals surface area (Å²) < 4.78 is 12.6. The fraction of sp³-hybridized carbons (Fsp3) is 0.348. The van der Waals surface area contributed by atoms with Crippen molar-refractivity contribution in [2.45, 2.75) is 24.4 Å². The second kappa shape index (κ2) is 10.6. The zero-order chi connectivity index (χ0) is 21.5. The monoisotopic (exact) mass is 438 g/mol. The van der Waals surface area contributed by atoms with Gasteiger partial charge < -0.3 is 9.47 Å². The van der Waals surface area contributed by atoms with Gasteiger partial charge in [0.1, 0.15) is 0 Å². The van der Waals surface area contributed by atoms with Gasteiger partial charge in [0, 0.05) is 24.5 Å². The Labute approximate surface area is 186 Å². The van der Waals surface area contributed by atoms with Crippen LogP contribution < -0.4 is 0 Å². The van der Waals surface area contributed by atoms with E-state index in [9.17, 15) is 4.79 Å². The van der Waals surface area contributed by atoms with Gasteiger partial charge in [0.15, 0.2) is 11.0 Å². The molecule has 0 atom stereocenters. The Bertz CT molecular complexity index is 986. The van der Waals surface area contributed by atoms with Gasteiger partial charge in [-0.1, -0.05) is 42.1 Å². The Morgan fingerprint density at radius 1 is 1.06 bits per heavy atom. The third-order valence-electron chi connectivity index (χ3n) is 5.02. The van der Waals surface area contributed by atoms with Crippen molar-refractivity contribution < 1.29 is 14.3 Å². The molecule has 0 amide bonds. The number of aromatic nitrogens is 3. The molecule has 1 aromatic heterocycles. The van der Waals surface area contributed by atoms with Crippen molar-refractivity contribution in [3.63, 3.8) is 0 Å². The van der Waals surface area contributed by atoms with Crippen molar-refractivity contribution in [2.75, 3.05) is 32.9 Å². The van der Waals surface area contributed by atoms with E-state index in [0.29, 0.717) is 12.2 Å². The van der Waals surface area contributed by atoms with E-state index in [1.807, 2.05) is 30.3 Å². The van der Waals surface area contributed by atoms with Gasteiger partial charge in [0.05, 0.1) is 31.9 Å². The van der Waals surface area contributed by atoms with Crippen LogP contribution in [0.4, 0.5) is 0 Å². The number of hydrogen-bond acceptors (Lipinski definition) is 7. The molecule has 1 aliphatic heterocycles. The van der Waals surface area contributed by atoms with Crippen LogP contribution in [0.15, 0.2) is 59.8 Å². The normalized spacial score (nSPS) is 14.5. The van der Waals surface area contributed by atoms with E-state index < -0.39 is 0 Å². The highest BCUT2D eigenvalue weighted by atomic mass is 32.2. The van der Waals surface area contributed by atoms with Crippen molar-refractivity contribution in [1.29, 1.82) is 0 Å². The van der Waals surface area contributed by atoms with E-state index in [1.54, 1.807) is 30.8 Å². The molecule has 1 saturated heterocycles. The van der Waals surface area contributed by atoms with Crippen LogP contribution in [0.5, 0.6) is 0 Å². The van der Waals surface area contributed by atoms with E-state index in [2.05, 4.69) is 31.8 Å². The molecule has 8 heteroatoms. The summed E-state index contributed by atoms with van der Waals surface area (Å²) in [6, 6.07) is 17.7. The average Bonchev–Trinajstić information content (AvgIpc) is 3.21. The number of esters is 1. The molecule has 0 aliphatic carbocycles. The van der Waals surface area contributed by atoms with Gasteiger partial charge in [-0.05, 0) is 36.8 Å². The lowest BCUT2D eigenvalue weighted by atomic mass is 10.1. The third-order valence-corrected chi connectivity index (χ3v) is 6.02. The first-order valence-electron chi connectivity index (χ1n) is 10.4. The molecule has 1 fully saturated rings. The van der Waals surface area contributed by atoms with E-state index in [0.717, 1.165) is 60.8 Å². The number of hydrogen-bond donors (Lipinski definition) is 0. The SMILES string of the molecule is CCOC(=O)c1ccc(CSc2nnc(CN3CCOCC3)n2-c2ccccc2)cc1. The summed E-state index contributed by atoms with van der Waals surface area (Å²) >= 11 is 1.63. The van der Waals surface area contributed by atoms with Crippen LogP contribution in [0.3, 0.4) is 0 Å². The molecule has 0 saturated carbocycles. The van der Waals surface area contributed by atoms with Crippen LogP contribution in [0, 0.1) is 0 Å². The molecule has 7 nitrogen and oxygen atoms in total. The maximum absolute atomic E-state index is 11.8. The predicted molar refractivity (Wildman–Crippen MR) is 119 cm³/mol. The maximum Gasteiger partial charge on any atom is 0.338 e. The Morgan fingerprint density at radius 2 is 1.81 bits per heavy atom. The Morgan fingerprint density at radius 3 is 2.52 bits per heavy atom. The lowest BCUT2D eigenvalue weighted by Gasteiger charge is -2.26. The fourth-order valence-corrected chi connectivity index (χ4v) is 4.32. The number of morpholine rings is 1. The lowest BCUT2D eigenvalue weighted by Crippen LogP contribution is -2.36. The largest absolute Gasteiger partial charge is 0.462 e. The number of carbonyl (C=O) groups is 1. The molecule has 0 spiro atoms. The zero-order valence-electron chi connectivity index (χ0n) is 17.6. The molecule has 3 aromatic rings. The summed E-state index contributed by atoms with van der Waals surface area (Å²) in [5, 5.41) is 9.84. The van der Waals surface area contributed by atoms with Crippen molar-refractivity contribution in [2.24, 2.45) is 0 Å². The number of benzene rings is 2. The van der Waals surface area contributed by atoms with Crippen LogP contribution in [0.1, 0.15) is 28.7 Å². The summed E-state index contributed by atoms with van der Waals surface area (Å²) in [6.45, 7) is 6.22. The molecule has 0 unspecified atom stereocenters. The fourth-order valence-electron chi connectivity index (χ4n) is 3.39. The first kappa shape index (κ1) is 21.5. The number of ether oxygens (including phenoxy) is 2. The second-order valence-electron chi connectivity index (χ2n) is 7.16. The predicted octanol–water partition coefficient (Wildman–Crippen LogP) is 3.57. The van der Waals surface area contributed by atoms with E-state index in [1.165, 1.54) is 0 Å². The molecule has 4 rings (SSSR count). The van der Waals surface area contributed by atoms with Crippen molar-refractivity contribution in [3.05, 3.63) is 71.5 Å². The number of thioether (sulfide) groups is 1. The van der Waals surface area contributed by atoms with Crippen LogP contribution in [0.25, 0.3) is 5.69 Å². The van der Waals surface area contributed by atoms with Gasteiger partial charge in [-0.2, -0.15) is 0 Å². The van der Waals surface area contributed by atoms with E-state index in [-0.39, 0.29) is 5.97 Å². The molecule has 31 heavy (non-hydrogen) atoms. The highest BCUT2D eigenvalue weighted by molar-refractivity contribution is 7.98. The second-order valence-corrected chi connectivity index (χ2v) is 8.11. The molecule has 2 aromatic carbocycles. The van der Waals surface area contributed by atoms with Gasteiger partial charge >= 0.3 is 5.97 Å². The summed E-state index contributed by atoms with van der Waals surface area (Å²) in [6.07, 6.45) is 0. The average molecular weight is 439 g/mol. The molecular formula is C23H26N4O3S. The quantitative estimate of drug-likeness (QED) is 0.393. The van der Waals surface area contributed by atoms with Crippen molar-refractivity contribution in [3.8, 4) is 5.69 Å². The molecule has 162 valence electrons. The Balaban J connectivity index is 1.50. The summed E-state index contributed by atoms with van der Waals surface area (Å²) in [4.78, 5) is 14.2. The minimum Gasteiger partial charge on any atom is -0.462 e. The summed E-state index contributed by atoms with van der Waals surface area (Å²) in [5.41, 5.74) is 2.72. The highest BCUT2D eigenvalue weighted by Crippen LogP contribution is 2.26. The third kappa shape index (κ3) is 5.52. The van der Waals surface area contributed by atoms with Gasteiger partial charge in [-0.15, -0.1) is 10.2 Å².